The highest BCUT2D eigenvalue weighted by Gasteiger charge is 2.22. The van der Waals surface area contributed by atoms with Gasteiger partial charge in [0, 0.05) is 26.2 Å². The van der Waals surface area contributed by atoms with Gasteiger partial charge in [-0.3, -0.25) is 4.67 Å². The van der Waals surface area contributed by atoms with Crippen LogP contribution in [0, 0.1) is 5.82 Å². The fraction of sp³-hybridized carbons (Fsp3) is 0.429. The average molecular weight is 356 g/mol. The molecule has 2 aromatic carbocycles. The highest BCUT2D eigenvalue weighted by molar-refractivity contribution is 7.35. The number of piperazine rings is 1. The second-order valence-electron chi connectivity index (χ2n) is 7.12. The molecule has 1 fully saturated rings. The molecule has 0 saturated carbocycles. The lowest BCUT2D eigenvalue weighted by atomic mass is 9.89. The van der Waals surface area contributed by atoms with Crippen molar-refractivity contribution in [2.75, 3.05) is 32.3 Å². The molecule has 1 saturated heterocycles. The summed E-state index contributed by atoms with van der Waals surface area (Å²) in [4.78, 5) is 0. The van der Waals surface area contributed by atoms with Crippen molar-refractivity contribution in [1.29, 1.82) is 0 Å². The van der Waals surface area contributed by atoms with Crippen LogP contribution in [-0.4, -0.2) is 37.0 Å². The molecule has 0 aromatic heterocycles. The van der Waals surface area contributed by atoms with E-state index in [4.69, 9.17) is 0 Å². The van der Waals surface area contributed by atoms with Crippen LogP contribution in [0.15, 0.2) is 42.5 Å². The molecule has 0 bridgehead atoms. The Hall–Kier alpha value is -1.28. The van der Waals surface area contributed by atoms with Gasteiger partial charge >= 0.3 is 0 Å². The SMILES string of the molecule is Fc1ccc2c(c1)C[C@H](CCPN1CCNCC1)c1ccccc1C2. The van der Waals surface area contributed by atoms with Crippen molar-refractivity contribution in [2.24, 2.45) is 0 Å². The summed E-state index contributed by atoms with van der Waals surface area (Å²) in [5.74, 6) is 0.404. The first-order valence-electron chi connectivity index (χ1n) is 9.34. The van der Waals surface area contributed by atoms with Gasteiger partial charge in [-0.25, -0.2) is 4.39 Å². The number of fused-ring (bicyclic) bond motifs is 2. The first kappa shape index (κ1) is 17.1. The lowest BCUT2D eigenvalue weighted by molar-refractivity contribution is 0.389. The number of rotatable bonds is 4. The fourth-order valence-corrected chi connectivity index (χ4v) is 5.44. The Morgan fingerprint density at radius 2 is 1.88 bits per heavy atom. The molecule has 2 aromatic rings. The molecule has 0 spiro atoms. The Morgan fingerprint density at radius 1 is 1.04 bits per heavy atom. The monoisotopic (exact) mass is 356 g/mol. The molecule has 25 heavy (non-hydrogen) atoms. The third-order valence-corrected chi connectivity index (χ3v) is 6.86. The molecular formula is C21H26FN2P. The summed E-state index contributed by atoms with van der Waals surface area (Å²) in [5.41, 5.74) is 5.39. The highest BCUT2D eigenvalue weighted by atomic mass is 31.1. The fourth-order valence-electron chi connectivity index (χ4n) is 4.11. The van der Waals surface area contributed by atoms with E-state index in [1.165, 1.54) is 47.9 Å². The minimum atomic E-state index is -0.105. The first-order valence-corrected chi connectivity index (χ1v) is 10.5. The molecule has 1 N–H and O–H groups in total. The summed E-state index contributed by atoms with van der Waals surface area (Å²) in [6, 6.07) is 14.2. The molecule has 2 nitrogen and oxygen atoms in total. The summed E-state index contributed by atoms with van der Waals surface area (Å²) < 4.78 is 16.4. The maximum Gasteiger partial charge on any atom is 0.123 e. The van der Waals surface area contributed by atoms with Crippen molar-refractivity contribution in [2.45, 2.75) is 25.2 Å². The Balaban J connectivity index is 1.51. The van der Waals surface area contributed by atoms with Crippen molar-refractivity contribution in [3.63, 3.8) is 0 Å². The van der Waals surface area contributed by atoms with Crippen LogP contribution in [0.4, 0.5) is 4.39 Å². The zero-order chi connectivity index (χ0) is 17.1. The van der Waals surface area contributed by atoms with Crippen molar-refractivity contribution in [3.05, 3.63) is 70.5 Å². The van der Waals surface area contributed by atoms with Gasteiger partial charge in [0.25, 0.3) is 0 Å². The predicted molar refractivity (Wildman–Crippen MR) is 104 cm³/mol. The van der Waals surface area contributed by atoms with Gasteiger partial charge in [0.1, 0.15) is 5.82 Å². The largest absolute Gasteiger partial charge is 0.314 e. The summed E-state index contributed by atoms with van der Waals surface area (Å²) in [5, 5.41) is 3.42. The summed E-state index contributed by atoms with van der Waals surface area (Å²) in [6.07, 6.45) is 4.33. The maximum absolute atomic E-state index is 13.8. The molecule has 132 valence electrons. The van der Waals surface area contributed by atoms with Crippen molar-refractivity contribution in [3.8, 4) is 0 Å². The maximum atomic E-state index is 13.8. The molecule has 1 aliphatic heterocycles. The number of nitrogens with one attached hydrogen (secondary N) is 1. The number of halogens is 1. The van der Waals surface area contributed by atoms with Gasteiger partial charge in [0.15, 0.2) is 0 Å². The predicted octanol–water partition coefficient (Wildman–Crippen LogP) is 3.95. The second-order valence-corrected chi connectivity index (χ2v) is 8.57. The average Bonchev–Trinajstić information content (AvgIpc) is 2.79. The number of hydrogen-bond acceptors (Lipinski definition) is 2. The van der Waals surface area contributed by atoms with Crippen molar-refractivity contribution in [1.82, 2.24) is 9.99 Å². The summed E-state index contributed by atoms with van der Waals surface area (Å²) in [6.45, 7) is 4.58. The molecule has 4 rings (SSSR count). The van der Waals surface area contributed by atoms with E-state index in [0.717, 1.165) is 34.7 Å². The number of hydrogen-bond donors (Lipinski definition) is 1. The van der Waals surface area contributed by atoms with Gasteiger partial charge in [0.05, 0.1) is 0 Å². The van der Waals surface area contributed by atoms with E-state index in [-0.39, 0.29) is 5.82 Å². The van der Waals surface area contributed by atoms with Crippen LogP contribution in [0.2, 0.25) is 0 Å². The third kappa shape index (κ3) is 4.11. The number of nitrogens with zero attached hydrogens (tertiary/aromatic N) is 1. The summed E-state index contributed by atoms with van der Waals surface area (Å²) in [7, 11) is 0.911. The van der Waals surface area contributed by atoms with Gasteiger partial charge in [-0.15, -0.1) is 0 Å². The van der Waals surface area contributed by atoms with E-state index >= 15 is 0 Å². The molecule has 1 unspecified atom stereocenters. The van der Waals surface area contributed by atoms with E-state index in [1.807, 2.05) is 6.07 Å². The van der Waals surface area contributed by atoms with E-state index in [0.29, 0.717) is 5.92 Å². The normalized spacial score (nSPS) is 21.1. The lowest BCUT2D eigenvalue weighted by Gasteiger charge is -2.27. The summed E-state index contributed by atoms with van der Waals surface area (Å²) >= 11 is 0. The first-order chi connectivity index (χ1) is 12.3. The van der Waals surface area contributed by atoms with Crippen LogP contribution in [-0.2, 0) is 12.8 Å². The smallest absolute Gasteiger partial charge is 0.123 e. The molecule has 1 heterocycles. The Morgan fingerprint density at radius 3 is 2.76 bits per heavy atom. The Kier molecular flexibility index (Phi) is 5.45. The van der Waals surface area contributed by atoms with E-state index in [2.05, 4.69) is 34.3 Å². The van der Waals surface area contributed by atoms with Crippen LogP contribution in [0.3, 0.4) is 0 Å². The molecule has 4 heteroatoms. The van der Waals surface area contributed by atoms with Gasteiger partial charge in [-0.2, -0.15) is 0 Å². The van der Waals surface area contributed by atoms with Crippen LogP contribution < -0.4 is 5.32 Å². The van der Waals surface area contributed by atoms with Crippen molar-refractivity contribution >= 4 is 8.73 Å². The molecule has 1 aliphatic carbocycles. The van der Waals surface area contributed by atoms with E-state index in [1.54, 1.807) is 12.1 Å². The molecule has 0 amide bonds. The molecule has 2 aliphatic rings. The van der Waals surface area contributed by atoms with E-state index < -0.39 is 0 Å². The molecule has 2 atom stereocenters. The van der Waals surface area contributed by atoms with Crippen LogP contribution in [0.25, 0.3) is 0 Å². The molecule has 0 radical (unpaired) electrons. The standard InChI is InChI=1S/C21H26FN2P/c22-20-6-5-16-13-17-3-1-2-4-21(17)18(14-19(16)15-20)7-12-25-24-10-8-23-9-11-24/h1-6,15,18,23,25H,7-14H2/t18-/m0/s1. The topological polar surface area (TPSA) is 15.3 Å². The zero-order valence-electron chi connectivity index (χ0n) is 14.6. The lowest BCUT2D eigenvalue weighted by Crippen LogP contribution is -2.39. The van der Waals surface area contributed by atoms with Gasteiger partial charge in [-0.05, 0) is 65.7 Å². The van der Waals surface area contributed by atoms with Crippen LogP contribution >= 0.6 is 8.73 Å². The van der Waals surface area contributed by atoms with Crippen molar-refractivity contribution < 1.29 is 4.39 Å². The Bertz CT molecular complexity index is 728. The number of benzene rings is 2. The molecular weight excluding hydrogens is 330 g/mol. The van der Waals surface area contributed by atoms with Crippen LogP contribution in [0.1, 0.15) is 34.6 Å². The quantitative estimate of drug-likeness (QED) is 0.835. The van der Waals surface area contributed by atoms with Gasteiger partial charge in [-0.1, -0.05) is 39.1 Å². The second kappa shape index (κ2) is 7.95. The minimum absolute atomic E-state index is 0.105. The minimum Gasteiger partial charge on any atom is -0.314 e. The van der Waals surface area contributed by atoms with Gasteiger partial charge in [0.2, 0.25) is 0 Å². The van der Waals surface area contributed by atoms with E-state index in [9.17, 15) is 4.39 Å². The highest BCUT2D eigenvalue weighted by Crippen LogP contribution is 2.36. The van der Waals surface area contributed by atoms with Crippen LogP contribution in [0.5, 0.6) is 0 Å². The third-order valence-electron chi connectivity index (χ3n) is 5.46. The zero-order valence-corrected chi connectivity index (χ0v) is 15.6. The Labute approximate surface area is 151 Å². The van der Waals surface area contributed by atoms with Gasteiger partial charge < -0.3 is 5.32 Å².